The molecule has 70 valence electrons. The molecule has 0 aliphatic heterocycles. The first-order valence-electron chi connectivity index (χ1n) is 4.00. The van der Waals surface area contributed by atoms with Crippen molar-refractivity contribution in [3.8, 4) is 0 Å². The van der Waals surface area contributed by atoms with Gasteiger partial charge < -0.3 is 10.8 Å². The molecule has 0 saturated carbocycles. The van der Waals surface area contributed by atoms with E-state index in [0.717, 1.165) is 11.3 Å². The lowest BCUT2D eigenvalue weighted by molar-refractivity contribution is -0.138. The molecule has 0 fully saturated rings. The molecule has 0 saturated heterocycles. The Morgan fingerprint density at radius 3 is 3.00 bits per heavy atom. The van der Waals surface area contributed by atoms with Gasteiger partial charge in [-0.2, -0.15) is 0 Å². The number of hydrogen-bond donors (Lipinski definition) is 2. The molecular formula is C9H12N2O2. The molecule has 4 heteroatoms. The van der Waals surface area contributed by atoms with Crippen LogP contribution >= 0.6 is 0 Å². The van der Waals surface area contributed by atoms with Gasteiger partial charge in [-0.05, 0) is 18.6 Å². The van der Waals surface area contributed by atoms with Crippen LogP contribution in [0.5, 0.6) is 0 Å². The summed E-state index contributed by atoms with van der Waals surface area (Å²) in [6.45, 7) is 1.89. The fourth-order valence-electron chi connectivity index (χ4n) is 1.03. The van der Waals surface area contributed by atoms with Crippen molar-refractivity contribution in [1.29, 1.82) is 0 Å². The van der Waals surface area contributed by atoms with Gasteiger partial charge in [0, 0.05) is 18.3 Å². The normalized spacial score (nSPS) is 12.5. The first-order chi connectivity index (χ1) is 6.11. The lowest BCUT2D eigenvalue weighted by atomic mass is 10.1. The van der Waals surface area contributed by atoms with E-state index >= 15 is 0 Å². The zero-order valence-corrected chi connectivity index (χ0v) is 7.40. The molecule has 1 aromatic rings. The van der Waals surface area contributed by atoms with Gasteiger partial charge in [-0.1, -0.05) is 6.07 Å². The van der Waals surface area contributed by atoms with E-state index in [1.165, 1.54) is 0 Å². The standard InChI is InChI=1S/C9H12N2O2/c1-6-3-2-4-11-8(6)5-7(10)9(12)13/h2-4,7H,5,10H2,1H3,(H,12,13)/t7-/m1/s1. The van der Waals surface area contributed by atoms with Gasteiger partial charge >= 0.3 is 5.97 Å². The van der Waals surface area contributed by atoms with Crippen LogP contribution in [-0.4, -0.2) is 22.1 Å². The lowest BCUT2D eigenvalue weighted by Crippen LogP contribution is -2.32. The molecule has 1 aromatic heterocycles. The molecule has 0 aliphatic carbocycles. The monoisotopic (exact) mass is 180 g/mol. The van der Waals surface area contributed by atoms with E-state index in [-0.39, 0.29) is 6.42 Å². The highest BCUT2D eigenvalue weighted by Crippen LogP contribution is 2.05. The predicted octanol–water partition coefficient (Wildman–Crippen LogP) is 0.344. The Bertz CT molecular complexity index is 312. The number of carboxylic acid groups (broad SMARTS) is 1. The highest BCUT2D eigenvalue weighted by atomic mass is 16.4. The minimum atomic E-state index is -0.995. The first-order valence-corrected chi connectivity index (χ1v) is 4.00. The average Bonchev–Trinajstić information content (AvgIpc) is 2.08. The smallest absolute Gasteiger partial charge is 0.320 e. The van der Waals surface area contributed by atoms with Gasteiger partial charge in [-0.3, -0.25) is 9.78 Å². The maximum absolute atomic E-state index is 10.5. The lowest BCUT2D eigenvalue weighted by Gasteiger charge is -2.07. The van der Waals surface area contributed by atoms with Crippen LogP contribution in [0.15, 0.2) is 18.3 Å². The van der Waals surface area contributed by atoms with Crippen LogP contribution in [-0.2, 0) is 11.2 Å². The Morgan fingerprint density at radius 1 is 1.77 bits per heavy atom. The maximum atomic E-state index is 10.5. The van der Waals surface area contributed by atoms with Crippen LogP contribution in [0.2, 0.25) is 0 Å². The maximum Gasteiger partial charge on any atom is 0.320 e. The number of aromatic nitrogens is 1. The highest BCUT2D eigenvalue weighted by molar-refractivity contribution is 5.73. The van der Waals surface area contributed by atoms with E-state index < -0.39 is 12.0 Å². The van der Waals surface area contributed by atoms with Crippen LogP contribution < -0.4 is 5.73 Å². The Hall–Kier alpha value is -1.42. The average molecular weight is 180 g/mol. The topological polar surface area (TPSA) is 76.2 Å². The summed E-state index contributed by atoms with van der Waals surface area (Å²) in [6.07, 6.45) is 1.92. The van der Waals surface area contributed by atoms with Gasteiger partial charge in [0.2, 0.25) is 0 Å². The molecule has 3 N–H and O–H groups in total. The van der Waals surface area contributed by atoms with Gasteiger partial charge in [0.1, 0.15) is 6.04 Å². The zero-order valence-electron chi connectivity index (χ0n) is 7.40. The fourth-order valence-corrected chi connectivity index (χ4v) is 1.03. The summed E-state index contributed by atoms with van der Waals surface area (Å²) in [5.41, 5.74) is 7.10. The highest BCUT2D eigenvalue weighted by Gasteiger charge is 2.13. The number of rotatable bonds is 3. The molecule has 0 aromatic carbocycles. The number of hydrogen-bond acceptors (Lipinski definition) is 3. The summed E-state index contributed by atoms with van der Waals surface area (Å²) >= 11 is 0. The zero-order chi connectivity index (χ0) is 9.84. The van der Waals surface area contributed by atoms with E-state index in [0.29, 0.717) is 0 Å². The second-order valence-corrected chi connectivity index (χ2v) is 2.92. The summed E-state index contributed by atoms with van der Waals surface area (Å²) in [4.78, 5) is 14.5. The van der Waals surface area contributed by atoms with Crippen LogP contribution in [0.4, 0.5) is 0 Å². The van der Waals surface area contributed by atoms with Gasteiger partial charge in [0.05, 0.1) is 0 Å². The van der Waals surface area contributed by atoms with Crippen LogP contribution in [0, 0.1) is 6.92 Å². The SMILES string of the molecule is Cc1cccnc1C[C@@H](N)C(=O)O. The van der Waals surface area contributed by atoms with Crippen molar-refractivity contribution in [2.24, 2.45) is 5.73 Å². The summed E-state index contributed by atoms with van der Waals surface area (Å²) in [7, 11) is 0. The van der Waals surface area contributed by atoms with E-state index in [2.05, 4.69) is 4.98 Å². The van der Waals surface area contributed by atoms with Gasteiger partial charge in [-0.25, -0.2) is 0 Å². The van der Waals surface area contributed by atoms with Crippen LogP contribution in [0.3, 0.4) is 0 Å². The molecule has 1 heterocycles. The number of aryl methyl sites for hydroxylation is 1. The molecule has 0 bridgehead atoms. The summed E-state index contributed by atoms with van der Waals surface area (Å²) < 4.78 is 0. The van der Waals surface area contributed by atoms with Gasteiger partial charge in [0.15, 0.2) is 0 Å². The quantitative estimate of drug-likeness (QED) is 0.703. The van der Waals surface area contributed by atoms with Crippen molar-refractivity contribution in [1.82, 2.24) is 4.98 Å². The van der Waals surface area contributed by atoms with E-state index in [9.17, 15) is 4.79 Å². The third-order valence-electron chi connectivity index (χ3n) is 1.85. The molecule has 1 rings (SSSR count). The second kappa shape index (κ2) is 4.00. The Kier molecular flexibility index (Phi) is 2.97. The third kappa shape index (κ3) is 2.52. The van der Waals surface area contributed by atoms with E-state index in [1.54, 1.807) is 6.20 Å². The summed E-state index contributed by atoms with van der Waals surface area (Å²) in [5, 5.41) is 8.58. The molecular weight excluding hydrogens is 168 g/mol. The second-order valence-electron chi connectivity index (χ2n) is 2.92. The number of nitrogens with two attached hydrogens (primary N) is 1. The number of aliphatic carboxylic acids is 1. The molecule has 13 heavy (non-hydrogen) atoms. The minimum Gasteiger partial charge on any atom is -0.480 e. The van der Waals surface area contributed by atoms with Crippen LogP contribution in [0.25, 0.3) is 0 Å². The Morgan fingerprint density at radius 2 is 2.46 bits per heavy atom. The first kappa shape index (κ1) is 9.67. The van der Waals surface area contributed by atoms with E-state index in [1.807, 2.05) is 19.1 Å². The number of nitrogens with zero attached hydrogens (tertiary/aromatic N) is 1. The van der Waals surface area contributed by atoms with Crippen LogP contribution in [0.1, 0.15) is 11.3 Å². The predicted molar refractivity (Wildman–Crippen MR) is 48.3 cm³/mol. The largest absolute Gasteiger partial charge is 0.480 e. The molecule has 0 aliphatic rings. The molecule has 4 nitrogen and oxygen atoms in total. The number of carbonyl (C=O) groups is 1. The van der Waals surface area contributed by atoms with Crippen molar-refractivity contribution in [2.45, 2.75) is 19.4 Å². The molecule has 0 amide bonds. The molecule has 0 radical (unpaired) electrons. The summed E-state index contributed by atoms with van der Waals surface area (Å²) in [6, 6.07) is 2.83. The minimum absolute atomic E-state index is 0.280. The third-order valence-corrected chi connectivity index (χ3v) is 1.85. The van der Waals surface area contributed by atoms with Crippen molar-refractivity contribution in [2.75, 3.05) is 0 Å². The van der Waals surface area contributed by atoms with Crippen molar-refractivity contribution in [3.05, 3.63) is 29.6 Å². The van der Waals surface area contributed by atoms with Crippen molar-refractivity contribution >= 4 is 5.97 Å². The van der Waals surface area contributed by atoms with Gasteiger partial charge in [-0.15, -0.1) is 0 Å². The molecule has 0 unspecified atom stereocenters. The summed E-state index contributed by atoms with van der Waals surface area (Å²) in [5.74, 6) is -0.995. The Balaban J connectivity index is 2.74. The Labute approximate surface area is 76.4 Å². The molecule has 1 atom stereocenters. The fraction of sp³-hybridized carbons (Fsp3) is 0.333. The number of pyridine rings is 1. The van der Waals surface area contributed by atoms with Gasteiger partial charge in [0.25, 0.3) is 0 Å². The van der Waals surface area contributed by atoms with Crippen molar-refractivity contribution in [3.63, 3.8) is 0 Å². The van der Waals surface area contributed by atoms with E-state index in [4.69, 9.17) is 10.8 Å². The van der Waals surface area contributed by atoms with Crippen molar-refractivity contribution < 1.29 is 9.90 Å². The number of carboxylic acids is 1. The molecule has 0 spiro atoms.